The third-order valence-electron chi connectivity index (χ3n) is 4.46. The second-order valence-corrected chi connectivity index (χ2v) is 5.78. The second-order valence-electron chi connectivity index (χ2n) is 5.78. The molecule has 2 unspecified atom stereocenters. The Morgan fingerprint density at radius 1 is 1.18 bits per heavy atom. The van der Waals surface area contributed by atoms with E-state index in [1.807, 2.05) is 12.1 Å². The van der Waals surface area contributed by atoms with Crippen LogP contribution in [0.15, 0.2) is 23.4 Å². The van der Waals surface area contributed by atoms with Crippen molar-refractivity contribution in [2.24, 2.45) is 5.16 Å². The molecular weight excluding hydrogens is 284 g/mol. The highest BCUT2D eigenvalue weighted by atomic mass is 16.5. The summed E-state index contributed by atoms with van der Waals surface area (Å²) in [5.41, 5.74) is 2.06. The first-order valence-electron chi connectivity index (χ1n) is 7.49. The zero-order valence-electron chi connectivity index (χ0n) is 13.0. The van der Waals surface area contributed by atoms with Crippen LogP contribution in [0.5, 0.6) is 11.5 Å². The number of piperidine rings is 1. The molecule has 1 aromatic rings. The van der Waals surface area contributed by atoms with Crippen molar-refractivity contribution in [2.45, 2.75) is 31.5 Å². The Morgan fingerprint density at radius 2 is 1.86 bits per heavy atom. The van der Waals surface area contributed by atoms with E-state index < -0.39 is 0 Å². The van der Waals surface area contributed by atoms with E-state index in [1.54, 1.807) is 14.2 Å². The van der Waals surface area contributed by atoms with E-state index in [-0.39, 0.29) is 12.1 Å². The molecule has 2 aliphatic heterocycles. The molecular formula is C16H22N2O4. The largest absolute Gasteiger partial charge is 0.493 e. The highest BCUT2D eigenvalue weighted by Crippen LogP contribution is 2.31. The van der Waals surface area contributed by atoms with Crippen molar-refractivity contribution in [1.29, 1.82) is 0 Å². The molecule has 2 heterocycles. The first kappa shape index (κ1) is 15.1. The molecule has 2 bridgehead atoms. The van der Waals surface area contributed by atoms with Gasteiger partial charge in [-0.05, 0) is 17.7 Å². The maximum Gasteiger partial charge on any atom is 0.161 e. The van der Waals surface area contributed by atoms with Crippen LogP contribution in [0.1, 0.15) is 18.4 Å². The summed E-state index contributed by atoms with van der Waals surface area (Å²) in [6.45, 7) is 2.20. The quantitative estimate of drug-likeness (QED) is 0.680. The molecule has 6 heteroatoms. The van der Waals surface area contributed by atoms with Gasteiger partial charge in [0, 0.05) is 31.5 Å². The minimum absolute atomic E-state index is 0.270. The van der Waals surface area contributed by atoms with Crippen molar-refractivity contribution in [2.75, 3.05) is 27.4 Å². The molecule has 6 nitrogen and oxygen atoms in total. The van der Waals surface area contributed by atoms with Gasteiger partial charge in [-0.3, -0.25) is 4.90 Å². The molecule has 0 amide bonds. The van der Waals surface area contributed by atoms with E-state index in [1.165, 1.54) is 5.56 Å². The maximum absolute atomic E-state index is 9.05. The molecule has 2 aliphatic rings. The SMILES string of the molecule is COc1ccc(CN2C3COCC2CC(=NO)C3)cc1OC. The molecule has 2 atom stereocenters. The van der Waals surface area contributed by atoms with Crippen LogP contribution in [0.25, 0.3) is 0 Å². The fourth-order valence-corrected chi connectivity index (χ4v) is 3.34. The molecule has 0 aliphatic carbocycles. The second kappa shape index (κ2) is 6.54. The van der Waals surface area contributed by atoms with Crippen LogP contribution in [-0.2, 0) is 11.3 Å². The molecule has 0 spiro atoms. The molecule has 120 valence electrons. The minimum atomic E-state index is 0.270. The molecule has 0 saturated carbocycles. The van der Waals surface area contributed by atoms with Crippen LogP contribution in [0.4, 0.5) is 0 Å². The van der Waals surface area contributed by atoms with Gasteiger partial charge < -0.3 is 19.4 Å². The predicted molar refractivity (Wildman–Crippen MR) is 81.9 cm³/mol. The van der Waals surface area contributed by atoms with E-state index in [0.29, 0.717) is 13.2 Å². The normalized spacial score (nSPS) is 24.9. The number of nitrogens with zero attached hydrogens (tertiary/aromatic N) is 2. The van der Waals surface area contributed by atoms with E-state index in [2.05, 4.69) is 16.1 Å². The molecule has 1 N–H and O–H groups in total. The molecule has 2 saturated heterocycles. The van der Waals surface area contributed by atoms with Crippen molar-refractivity contribution in [3.8, 4) is 11.5 Å². The van der Waals surface area contributed by atoms with Gasteiger partial charge in [-0.2, -0.15) is 0 Å². The molecule has 2 fully saturated rings. The van der Waals surface area contributed by atoms with Crippen molar-refractivity contribution in [1.82, 2.24) is 4.90 Å². The Hall–Kier alpha value is -1.79. The van der Waals surface area contributed by atoms with Crippen LogP contribution in [-0.4, -0.2) is 55.3 Å². The van der Waals surface area contributed by atoms with Crippen molar-refractivity contribution >= 4 is 5.71 Å². The Balaban J connectivity index is 1.78. The summed E-state index contributed by atoms with van der Waals surface area (Å²) in [6, 6.07) is 6.56. The summed E-state index contributed by atoms with van der Waals surface area (Å²) < 4.78 is 16.3. The fraction of sp³-hybridized carbons (Fsp3) is 0.562. The number of ether oxygens (including phenoxy) is 3. The summed E-state index contributed by atoms with van der Waals surface area (Å²) in [4.78, 5) is 2.44. The van der Waals surface area contributed by atoms with Crippen LogP contribution < -0.4 is 9.47 Å². The van der Waals surface area contributed by atoms with E-state index in [4.69, 9.17) is 19.4 Å². The summed E-state index contributed by atoms with van der Waals surface area (Å²) in [7, 11) is 3.29. The molecule has 1 aromatic carbocycles. The van der Waals surface area contributed by atoms with Gasteiger partial charge in [0.2, 0.25) is 0 Å². The van der Waals surface area contributed by atoms with E-state index in [9.17, 15) is 0 Å². The predicted octanol–water partition coefficient (Wildman–Crippen LogP) is 1.90. The lowest BCUT2D eigenvalue weighted by molar-refractivity contribution is -0.0575. The van der Waals surface area contributed by atoms with Gasteiger partial charge in [0.05, 0.1) is 33.1 Å². The van der Waals surface area contributed by atoms with Crippen molar-refractivity contribution < 1.29 is 19.4 Å². The smallest absolute Gasteiger partial charge is 0.161 e. The van der Waals surface area contributed by atoms with Gasteiger partial charge in [0.25, 0.3) is 0 Å². The molecule has 0 radical (unpaired) electrons. The van der Waals surface area contributed by atoms with Crippen LogP contribution in [0.3, 0.4) is 0 Å². The number of benzene rings is 1. The Labute approximate surface area is 130 Å². The highest BCUT2D eigenvalue weighted by Gasteiger charge is 2.37. The minimum Gasteiger partial charge on any atom is -0.493 e. The maximum atomic E-state index is 9.05. The first-order valence-corrected chi connectivity index (χ1v) is 7.49. The number of fused-ring (bicyclic) bond motifs is 2. The lowest BCUT2D eigenvalue weighted by atomic mass is 9.92. The van der Waals surface area contributed by atoms with E-state index >= 15 is 0 Å². The first-order chi connectivity index (χ1) is 10.7. The third kappa shape index (κ3) is 2.89. The number of morpholine rings is 1. The molecule has 0 aromatic heterocycles. The van der Waals surface area contributed by atoms with Gasteiger partial charge >= 0.3 is 0 Å². The summed E-state index contributed by atoms with van der Waals surface area (Å²) in [5, 5.41) is 12.5. The average molecular weight is 306 g/mol. The standard InChI is InChI=1S/C16H22N2O4/c1-20-15-4-3-11(5-16(15)21-2)8-18-13-6-12(17-19)7-14(18)10-22-9-13/h3-5,13-14,19H,6-10H2,1-2H3. The molecule has 22 heavy (non-hydrogen) atoms. The van der Waals surface area contributed by atoms with E-state index in [0.717, 1.165) is 36.6 Å². The topological polar surface area (TPSA) is 63.5 Å². The van der Waals surface area contributed by atoms with Gasteiger partial charge in [-0.25, -0.2) is 0 Å². The van der Waals surface area contributed by atoms with Gasteiger partial charge in [0.15, 0.2) is 11.5 Å². The monoisotopic (exact) mass is 306 g/mol. The summed E-state index contributed by atoms with van der Waals surface area (Å²) in [5.74, 6) is 1.49. The van der Waals surface area contributed by atoms with Crippen LogP contribution in [0.2, 0.25) is 0 Å². The van der Waals surface area contributed by atoms with Crippen molar-refractivity contribution in [3.05, 3.63) is 23.8 Å². The average Bonchev–Trinajstić information content (AvgIpc) is 2.54. The van der Waals surface area contributed by atoms with Crippen LogP contribution >= 0.6 is 0 Å². The lowest BCUT2D eigenvalue weighted by Gasteiger charge is -2.45. The zero-order chi connectivity index (χ0) is 15.5. The highest BCUT2D eigenvalue weighted by molar-refractivity contribution is 5.86. The fourth-order valence-electron chi connectivity index (χ4n) is 3.34. The van der Waals surface area contributed by atoms with Crippen molar-refractivity contribution in [3.63, 3.8) is 0 Å². The summed E-state index contributed by atoms with van der Waals surface area (Å²) >= 11 is 0. The third-order valence-corrected chi connectivity index (χ3v) is 4.46. The number of hydrogen-bond donors (Lipinski definition) is 1. The number of rotatable bonds is 4. The Bertz CT molecular complexity index is 545. The lowest BCUT2D eigenvalue weighted by Crippen LogP contribution is -2.56. The Kier molecular flexibility index (Phi) is 4.49. The van der Waals surface area contributed by atoms with Crippen LogP contribution in [0, 0.1) is 0 Å². The summed E-state index contributed by atoms with van der Waals surface area (Å²) in [6.07, 6.45) is 1.53. The number of oxime groups is 1. The zero-order valence-corrected chi connectivity index (χ0v) is 13.0. The Morgan fingerprint density at radius 3 is 2.45 bits per heavy atom. The van der Waals surface area contributed by atoms with Gasteiger partial charge in [-0.15, -0.1) is 0 Å². The van der Waals surface area contributed by atoms with Gasteiger partial charge in [0.1, 0.15) is 0 Å². The number of hydrogen-bond acceptors (Lipinski definition) is 6. The molecule has 3 rings (SSSR count). The van der Waals surface area contributed by atoms with Gasteiger partial charge in [-0.1, -0.05) is 11.2 Å². The number of methoxy groups -OCH3 is 2.